The predicted octanol–water partition coefficient (Wildman–Crippen LogP) is 0.485. The number of aromatic carboxylic acids is 1. The van der Waals surface area contributed by atoms with Gasteiger partial charge in [0.1, 0.15) is 10.2 Å². The molecule has 0 aromatic carbocycles. The summed E-state index contributed by atoms with van der Waals surface area (Å²) >= 11 is 4.89. The predicted molar refractivity (Wildman–Crippen MR) is 45.1 cm³/mol. The first-order valence-electron chi connectivity index (χ1n) is 3.34. The molecule has 0 aliphatic heterocycles. The van der Waals surface area contributed by atoms with Gasteiger partial charge in [-0.05, 0) is 0 Å². The van der Waals surface area contributed by atoms with E-state index in [9.17, 15) is 4.79 Å². The maximum atomic E-state index is 10.6. The van der Waals surface area contributed by atoms with Gasteiger partial charge in [0.05, 0.1) is 6.20 Å². The summed E-state index contributed by atoms with van der Waals surface area (Å²) in [6.07, 6.45) is 2.68. The van der Waals surface area contributed by atoms with Gasteiger partial charge < -0.3 is 5.11 Å². The Hall–Kier alpha value is -1.76. The monoisotopic (exact) mass is 196 g/mol. The van der Waals surface area contributed by atoms with Gasteiger partial charge >= 0.3 is 5.97 Å². The number of carbonyl (C=O) groups is 1. The van der Waals surface area contributed by atoms with Crippen LogP contribution < -0.4 is 0 Å². The molecule has 0 saturated carbocycles. The summed E-state index contributed by atoms with van der Waals surface area (Å²) in [6, 6.07) is 0. The highest BCUT2D eigenvalue weighted by Crippen LogP contribution is 2.03. The van der Waals surface area contributed by atoms with E-state index < -0.39 is 5.97 Å². The second kappa shape index (κ2) is 2.63. The van der Waals surface area contributed by atoms with Gasteiger partial charge in [0.2, 0.25) is 0 Å². The van der Waals surface area contributed by atoms with Gasteiger partial charge in [0, 0.05) is 6.20 Å². The number of carboxylic acids is 1. The zero-order valence-corrected chi connectivity index (χ0v) is 7.08. The normalized spacial score (nSPS) is 10.5. The zero-order valence-electron chi connectivity index (χ0n) is 6.26. The molecule has 0 unspecified atom stereocenters. The molecular formula is C6H4N4O2S. The molecule has 2 N–H and O–H groups in total. The SMILES string of the molecule is O=C(O)c1cnc2cn[nH]n2c1=S. The van der Waals surface area contributed by atoms with E-state index in [0.29, 0.717) is 5.65 Å². The number of nitrogens with zero attached hydrogens (tertiary/aromatic N) is 3. The van der Waals surface area contributed by atoms with Gasteiger partial charge in [0.15, 0.2) is 5.65 Å². The fourth-order valence-corrected chi connectivity index (χ4v) is 1.22. The van der Waals surface area contributed by atoms with Gasteiger partial charge in [-0.15, -0.1) is 0 Å². The van der Waals surface area contributed by atoms with Crippen molar-refractivity contribution in [3.05, 3.63) is 22.6 Å². The first kappa shape index (κ1) is 7.87. The highest BCUT2D eigenvalue weighted by molar-refractivity contribution is 7.71. The maximum absolute atomic E-state index is 10.6. The Labute approximate surface area is 76.8 Å². The molecule has 0 spiro atoms. The summed E-state index contributed by atoms with van der Waals surface area (Å²) in [4.78, 5) is 14.5. The Kier molecular flexibility index (Phi) is 1.59. The van der Waals surface area contributed by atoms with Crippen molar-refractivity contribution >= 4 is 23.8 Å². The minimum Gasteiger partial charge on any atom is -0.478 e. The number of hydrogen-bond acceptors (Lipinski definition) is 4. The Balaban J connectivity index is 2.89. The summed E-state index contributed by atoms with van der Waals surface area (Å²) in [5, 5.41) is 14.9. The van der Waals surface area contributed by atoms with Crippen molar-refractivity contribution in [1.82, 2.24) is 19.8 Å². The molecule has 2 aromatic rings. The van der Waals surface area contributed by atoms with E-state index in [1.165, 1.54) is 16.9 Å². The Morgan fingerprint density at radius 3 is 3.08 bits per heavy atom. The summed E-state index contributed by atoms with van der Waals surface area (Å²) < 4.78 is 1.49. The smallest absolute Gasteiger partial charge is 0.340 e. The average molecular weight is 196 g/mol. The van der Waals surface area contributed by atoms with Crippen LogP contribution in [0.25, 0.3) is 5.65 Å². The molecule has 0 amide bonds. The first-order chi connectivity index (χ1) is 6.20. The maximum Gasteiger partial charge on any atom is 0.340 e. The Morgan fingerprint density at radius 2 is 2.38 bits per heavy atom. The summed E-state index contributed by atoms with van der Waals surface area (Å²) in [7, 11) is 0. The number of carboxylic acid groups (broad SMARTS) is 1. The molecule has 2 heterocycles. The number of fused-ring (bicyclic) bond motifs is 1. The van der Waals surface area contributed by atoms with Gasteiger partial charge in [-0.3, -0.25) is 0 Å². The number of H-pyrrole nitrogens is 1. The molecule has 2 rings (SSSR count). The third-order valence-electron chi connectivity index (χ3n) is 1.56. The van der Waals surface area contributed by atoms with Crippen molar-refractivity contribution in [2.45, 2.75) is 0 Å². The van der Waals surface area contributed by atoms with E-state index in [1.54, 1.807) is 0 Å². The molecule has 2 aromatic heterocycles. The van der Waals surface area contributed by atoms with Crippen LogP contribution in [0.2, 0.25) is 0 Å². The van der Waals surface area contributed by atoms with E-state index in [1.807, 2.05) is 0 Å². The molecule has 13 heavy (non-hydrogen) atoms. The topological polar surface area (TPSA) is 83.3 Å². The first-order valence-corrected chi connectivity index (χ1v) is 3.75. The number of hydrogen-bond donors (Lipinski definition) is 2. The standard InChI is InChI=1S/C6H4N4O2S/c11-6(12)3-1-7-4-2-8-9-10(4)5(3)13/h1-2,9H,(H,11,12). The fourth-order valence-electron chi connectivity index (χ4n) is 0.947. The molecular weight excluding hydrogens is 192 g/mol. The fraction of sp³-hybridized carbons (Fsp3) is 0. The van der Waals surface area contributed by atoms with Crippen LogP contribution in [0.15, 0.2) is 12.4 Å². The lowest BCUT2D eigenvalue weighted by Crippen LogP contribution is -2.03. The Morgan fingerprint density at radius 1 is 1.62 bits per heavy atom. The molecule has 0 radical (unpaired) electrons. The number of aromatic nitrogens is 4. The summed E-state index contributed by atoms with van der Waals surface area (Å²) in [6.45, 7) is 0. The largest absolute Gasteiger partial charge is 0.478 e. The molecule has 6 nitrogen and oxygen atoms in total. The molecule has 0 saturated heterocycles. The second-order valence-electron chi connectivity index (χ2n) is 2.33. The van der Waals surface area contributed by atoms with Crippen LogP contribution in [0, 0.1) is 4.64 Å². The lowest BCUT2D eigenvalue weighted by atomic mass is 10.3. The van der Waals surface area contributed by atoms with Crippen LogP contribution in [0.3, 0.4) is 0 Å². The highest BCUT2D eigenvalue weighted by atomic mass is 32.1. The molecule has 66 valence electrons. The van der Waals surface area contributed by atoms with Crippen molar-refractivity contribution in [2.75, 3.05) is 0 Å². The second-order valence-corrected chi connectivity index (χ2v) is 2.72. The molecule has 0 atom stereocenters. The molecule has 0 bridgehead atoms. The number of rotatable bonds is 1. The molecule has 0 fully saturated rings. The van der Waals surface area contributed by atoms with Crippen LogP contribution in [-0.4, -0.2) is 30.9 Å². The average Bonchev–Trinajstić information content (AvgIpc) is 2.52. The minimum absolute atomic E-state index is 0.0169. The van der Waals surface area contributed by atoms with E-state index in [2.05, 4.69) is 15.3 Å². The van der Waals surface area contributed by atoms with E-state index >= 15 is 0 Å². The van der Waals surface area contributed by atoms with Crippen LogP contribution in [0.1, 0.15) is 10.4 Å². The van der Waals surface area contributed by atoms with Gasteiger partial charge in [-0.1, -0.05) is 12.2 Å². The van der Waals surface area contributed by atoms with Crippen molar-refractivity contribution in [3.63, 3.8) is 0 Å². The van der Waals surface area contributed by atoms with Crippen molar-refractivity contribution < 1.29 is 9.90 Å². The lowest BCUT2D eigenvalue weighted by molar-refractivity contribution is 0.0695. The van der Waals surface area contributed by atoms with Crippen LogP contribution in [0.4, 0.5) is 0 Å². The van der Waals surface area contributed by atoms with Crippen LogP contribution >= 0.6 is 12.2 Å². The molecule has 7 heteroatoms. The quantitative estimate of drug-likeness (QED) is 0.648. The van der Waals surface area contributed by atoms with Crippen molar-refractivity contribution in [1.29, 1.82) is 0 Å². The van der Waals surface area contributed by atoms with Crippen LogP contribution in [-0.2, 0) is 0 Å². The van der Waals surface area contributed by atoms with E-state index in [0.717, 1.165) is 0 Å². The van der Waals surface area contributed by atoms with Crippen molar-refractivity contribution in [3.8, 4) is 0 Å². The number of aromatic amines is 1. The molecule has 0 aliphatic carbocycles. The van der Waals surface area contributed by atoms with E-state index in [4.69, 9.17) is 17.3 Å². The lowest BCUT2D eigenvalue weighted by Gasteiger charge is -1.95. The van der Waals surface area contributed by atoms with Gasteiger partial charge in [-0.2, -0.15) is 5.10 Å². The zero-order chi connectivity index (χ0) is 9.42. The minimum atomic E-state index is -1.10. The van der Waals surface area contributed by atoms with E-state index in [-0.39, 0.29) is 10.2 Å². The summed E-state index contributed by atoms with van der Waals surface area (Å²) in [5.41, 5.74) is 0.478. The van der Waals surface area contributed by atoms with Crippen LogP contribution in [0.5, 0.6) is 0 Å². The van der Waals surface area contributed by atoms with Crippen molar-refractivity contribution in [2.24, 2.45) is 0 Å². The third kappa shape index (κ3) is 1.09. The summed E-state index contributed by atoms with van der Waals surface area (Å²) in [5.74, 6) is -1.10. The highest BCUT2D eigenvalue weighted by Gasteiger charge is 2.08. The van der Waals surface area contributed by atoms with Gasteiger partial charge in [0.25, 0.3) is 0 Å². The Bertz CT molecular complexity index is 529. The number of nitrogens with one attached hydrogen (secondary N) is 1. The molecule has 0 aliphatic rings. The van der Waals surface area contributed by atoms with Gasteiger partial charge in [-0.25, -0.2) is 19.5 Å². The third-order valence-corrected chi connectivity index (χ3v) is 1.96.